The Morgan fingerprint density at radius 1 is 1.35 bits per heavy atom. The van der Waals surface area contributed by atoms with E-state index in [2.05, 4.69) is 24.8 Å². The standard InChI is InChI=1S/C7H12O3.C4H6O2.C3H6O/c1-5(2)7(9)10-4-6(3)8;1-3(2)4(5)6;1-3-2-4-3/h6,8H,1,4H2,2-3H3;1H2,2H3,(H,5,6);3H,2H2,1H3. The second-order valence-electron chi connectivity index (χ2n) is 4.46. The number of hydrogen-bond donors (Lipinski definition) is 2. The average molecular weight is 288 g/mol. The summed E-state index contributed by atoms with van der Waals surface area (Å²) in [5.74, 6) is -1.39. The van der Waals surface area contributed by atoms with E-state index in [4.69, 9.17) is 14.9 Å². The lowest BCUT2D eigenvalue weighted by atomic mass is 10.3. The quantitative estimate of drug-likeness (QED) is 0.463. The summed E-state index contributed by atoms with van der Waals surface area (Å²) in [6.07, 6.45) is -0.0247. The number of carboxylic acids is 1. The second kappa shape index (κ2) is 11.2. The molecule has 6 nitrogen and oxygen atoms in total. The molecule has 20 heavy (non-hydrogen) atoms. The number of epoxide rings is 1. The SMILES string of the molecule is C=C(C)C(=O)O.C=C(C)C(=O)OCC(C)O.CC1CO1. The number of aliphatic hydroxyl groups is 1. The fourth-order valence-electron chi connectivity index (χ4n) is 0.416. The second-order valence-corrected chi connectivity index (χ2v) is 4.46. The number of esters is 1. The Labute approximate surface area is 119 Å². The summed E-state index contributed by atoms with van der Waals surface area (Å²) in [6, 6.07) is 0. The van der Waals surface area contributed by atoms with E-state index in [0.717, 1.165) is 6.61 Å². The Hall–Kier alpha value is -1.66. The first kappa shape index (κ1) is 20.7. The molecule has 0 spiro atoms. The first-order valence-electron chi connectivity index (χ1n) is 6.09. The van der Waals surface area contributed by atoms with E-state index in [1.54, 1.807) is 13.8 Å². The van der Waals surface area contributed by atoms with E-state index in [0.29, 0.717) is 11.7 Å². The first-order valence-corrected chi connectivity index (χ1v) is 6.09. The monoisotopic (exact) mass is 288 g/mol. The molecule has 116 valence electrons. The Balaban J connectivity index is 0. The normalized spacial score (nSPS) is 16.4. The van der Waals surface area contributed by atoms with Crippen molar-refractivity contribution < 1.29 is 29.3 Å². The fourth-order valence-corrected chi connectivity index (χ4v) is 0.416. The van der Waals surface area contributed by atoms with Gasteiger partial charge in [-0.2, -0.15) is 0 Å². The van der Waals surface area contributed by atoms with Crippen molar-refractivity contribution in [1.82, 2.24) is 0 Å². The van der Waals surface area contributed by atoms with Gasteiger partial charge in [0, 0.05) is 11.1 Å². The molecule has 0 bridgehead atoms. The van der Waals surface area contributed by atoms with Crippen LogP contribution in [-0.4, -0.2) is 47.6 Å². The molecule has 0 amide bonds. The number of ether oxygens (including phenoxy) is 2. The fraction of sp³-hybridized carbons (Fsp3) is 0.571. The van der Waals surface area contributed by atoms with Crippen LogP contribution in [0.5, 0.6) is 0 Å². The smallest absolute Gasteiger partial charge is 0.333 e. The van der Waals surface area contributed by atoms with Gasteiger partial charge in [0.15, 0.2) is 0 Å². The van der Waals surface area contributed by atoms with Crippen molar-refractivity contribution in [2.75, 3.05) is 13.2 Å². The van der Waals surface area contributed by atoms with Crippen molar-refractivity contribution in [2.45, 2.75) is 39.9 Å². The lowest BCUT2D eigenvalue weighted by molar-refractivity contribution is -0.141. The van der Waals surface area contributed by atoms with E-state index >= 15 is 0 Å². The Kier molecular flexibility index (Phi) is 11.6. The largest absolute Gasteiger partial charge is 0.478 e. The van der Waals surface area contributed by atoms with Crippen molar-refractivity contribution in [2.24, 2.45) is 0 Å². The molecule has 0 aromatic heterocycles. The van der Waals surface area contributed by atoms with Gasteiger partial charge in [-0.05, 0) is 27.7 Å². The highest BCUT2D eigenvalue weighted by Gasteiger charge is 2.13. The minimum absolute atomic E-state index is 0.0334. The Morgan fingerprint density at radius 2 is 1.70 bits per heavy atom. The van der Waals surface area contributed by atoms with Gasteiger partial charge >= 0.3 is 11.9 Å². The van der Waals surface area contributed by atoms with Crippen LogP contribution in [0.4, 0.5) is 0 Å². The third-order valence-electron chi connectivity index (χ3n) is 1.67. The molecule has 0 saturated carbocycles. The predicted octanol–water partition coefficient (Wildman–Crippen LogP) is 1.54. The summed E-state index contributed by atoms with van der Waals surface area (Å²) in [4.78, 5) is 20.2. The van der Waals surface area contributed by atoms with Crippen molar-refractivity contribution in [3.63, 3.8) is 0 Å². The molecule has 1 aliphatic heterocycles. The van der Waals surface area contributed by atoms with Crippen LogP contribution in [0.25, 0.3) is 0 Å². The van der Waals surface area contributed by atoms with Gasteiger partial charge in [-0.1, -0.05) is 13.2 Å². The number of carbonyl (C=O) groups is 2. The predicted molar refractivity (Wildman–Crippen MR) is 75.3 cm³/mol. The molecule has 1 aliphatic rings. The molecule has 1 saturated heterocycles. The molecule has 6 heteroatoms. The highest BCUT2D eigenvalue weighted by atomic mass is 16.6. The van der Waals surface area contributed by atoms with Gasteiger partial charge in [0.2, 0.25) is 0 Å². The van der Waals surface area contributed by atoms with Crippen molar-refractivity contribution >= 4 is 11.9 Å². The molecule has 1 fully saturated rings. The third kappa shape index (κ3) is 18.7. The van der Waals surface area contributed by atoms with Gasteiger partial charge in [0.1, 0.15) is 6.61 Å². The Morgan fingerprint density at radius 3 is 1.85 bits per heavy atom. The summed E-state index contributed by atoms with van der Waals surface area (Å²) in [6.45, 7) is 14.2. The zero-order chi connectivity index (χ0) is 16.3. The van der Waals surface area contributed by atoms with Gasteiger partial charge in [-0.25, -0.2) is 9.59 Å². The molecule has 0 aliphatic carbocycles. The zero-order valence-electron chi connectivity index (χ0n) is 12.5. The first-order chi connectivity index (χ1) is 9.07. The summed E-state index contributed by atoms with van der Waals surface area (Å²) in [5.41, 5.74) is 0.524. The van der Waals surface area contributed by atoms with Gasteiger partial charge in [0.05, 0.1) is 18.8 Å². The van der Waals surface area contributed by atoms with Crippen LogP contribution in [0.2, 0.25) is 0 Å². The summed E-state index contributed by atoms with van der Waals surface area (Å²) >= 11 is 0. The van der Waals surface area contributed by atoms with Crippen molar-refractivity contribution in [3.05, 3.63) is 24.3 Å². The number of aliphatic carboxylic acids is 1. The molecular weight excluding hydrogens is 264 g/mol. The zero-order valence-corrected chi connectivity index (χ0v) is 12.5. The number of carboxylic acid groups (broad SMARTS) is 1. The van der Waals surface area contributed by atoms with Gasteiger partial charge in [-0.3, -0.25) is 0 Å². The van der Waals surface area contributed by atoms with Gasteiger partial charge in [0.25, 0.3) is 0 Å². The van der Waals surface area contributed by atoms with Crippen molar-refractivity contribution in [1.29, 1.82) is 0 Å². The molecular formula is C14H24O6. The van der Waals surface area contributed by atoms with Crippen LogP contribution in [0.15, 0.2) is 24.3 Å². The highest BCUT2D eigenvalue weighted by molar-refractivity contribution is 5.86. The van der Waals surface area contributed by atoms with Crippen LogP contribution < -0.4 is 0 Å². The van der Waals surface area contributed by atoms with Crippen molar-refractivity contribution in [3.8, 4) is 0 Å². The van der Waals surface area contributed by atoms with Crippen LogP contribution in [-0.2, 0) is 19.1 Å². The molecule has 2 N–H and O–H groups in total. The molecule has 0 radical (unpaired) electrons. The summed E-state index contributed by atoms with van der Waals surface area (Å²) in [7, 11) is 0. The maximum absolute atomic E-state index is 10.6. The van der Waals surface area contributed by atoms with Gasteiger partial charge < -0.3 is 19.7 Å². The van der Waals surface area contributed by atoms with E-state index in [-0.39, 0.29) is 12.2 Å². The van der Waals surface area contributed by atoms with Gasteiger partial charge in [-0.15, -0.1) is 0 Å². The third-order valence-corrected chi connectivity index (χ3v) is 1.67. The van der Waals surface area contributed by atoms with E-state index in [1.807, 2.05) is 0 Å². The lowest BCUT2D eigenvalue weighted by Gasteiger charge is -2.04. The lowest BCUT2D eigenvalue weighted by Crippen LogP contribution is -2.15. The molecule has 1 rings (SSSR count). The molecule has 2 atom stereocenters. The summed E-state index contributed by atoms with van der Waals surface area (Å²) < 4.78 is 9.28. The maximum atomic E-state index is 10.6. The molecule has 1 heterocycles. The van der Waals surface area contributed by atoms with E-state index < -0.39 is 18.0 Å². The molecule has 0 aromatic rings. The van der Waals surface area contributed by atoms with E-state index in [1.165, 1.54) is 6.92 Å². The molecule has 2 unspecified atom stereocenters. The van der Waals surface area contributed by atoms with Crippen LogP contribution in [0.3, 0.4) is 0 Å². The van der Waals surface area contributed by atoms with Crippen LogP contribution in [0, 0.1) is 0 Å². The maximum Gasteiger partial charge on any atom is 0.333 e. The number of carbonyl (C=O) groups excluding carboxylic acids is 1. The number of aliphatic hydroxyl groups excluding tert-OH is 1. The minimum Gasteiger partial charge on any atom is -0.478 e. The average Bonchev–Trinajstić information content (AvgIpc) is 3.09. The Bertz CT molecular complexity index is 330. The molecule has 0 aromatic carbocycles. The number of rotatable bonds is 4. The summed E-state index contributed by atoms with van der Waals surface area (Å²) in [5, 5.41) is 16.6. The topological polar surface area (TPSA) is 96.4 Å². The number of hydrogen-bond acceptors (Lipinski definition) is 5. The van der Waals surface area contributed by atoms with E-state index in [9.17, 15) is 9.59 Å². The van der Waals surface area contributed by atoms with Crippen LogP contribution in [0.1, 0.15) is 27.7 Å². The van der Waals surface area contributed by atoms with Crippen LogP contribution >= 0.6 is 0 Å². The minimum atomic E-state index is -0.935. The highest BCUT2D eigenvalue weighted by Crippen LogP contribution is 2.04.